The van der Waals surface area contributed by atoms with E-state index in [1.165, 1.54) is 11.1 Å². The second-order valence-electron chi connectivity index (χ2n) is 7.12. The molecule has 1 aromatic rings. The summed E-state index contributed by atoms with van der Waals surface area (Å²) < 4.78 is 0. The number of benzene rings is 1. The number of anilines is 1. The van der Waals surface area contributed by atoms with Gasteiger partial charge in [-0.2, -0.15) is 0 Å². The lowest BCUT2D eigenvalue weighted by Gasteiger charge is -2.30. The van der Waals surface area contributed by atoms with Gasteiger partial charge in [0.2, 0.25) is 5.91 Å². The molecular formula is C17H26N2O. The molecular weight excluding hydrogens is 248 g/mol. The molecule has 2 atom stereocenters. The third-order valence-corrected chi connectivity index (χ3v) is 3.78. The smallest absolute Gasteiger partial charge is 0.232 e. The molecule has 20 heavy (non-hydrogen) atoms. The van der Waals surface area contributed by atoms with Crippen molar-refractivity contribution in [1.82, 2.24) is 0 Å². The normalized spacial score (nSPS) is 19.9. The zero-order valence-electron chi connectivity index (χ0n) is 13.2. The van der Waals surface area contributed by atoms with Crippen molar-refractivity contribution in [3.05, 3.63) is 29.3 Å². The van der Waals surface area contributed by atoms with E-state index in [1.54, 1.807) is 0 Å². The molecule has 0 aromatic heterocycles. The van der Waals surface area contributed by atoms with Crippen molar-refractivity contribution >= 4 is 11.6 Å². The van der Waals surface area contributed by atoms with E-state index < -0.39 is 0 Å². The van der Waals surface area contributed by atoms with Gasteiger partial charge in [0.25, 0.3) is 0 Å². The van der Waals surface area contributed by atoms with Gasteiger partial charge in [0.15, 0.2) is 0 Å². The Labute approximate surface area is 122 Å². The van der Waals surface area contributed by atoms with Crippen LogP contribution in [0.2, 0.25) is 0 Å². The van der Waals surface area contributed by atoms with Gasteiger partial charge in [-0.15, -0.1) is 0 Å². The van der Waals surface area contributed by atoms with Gasteiger partial charge in [0.05, 0.1) is 0 Å². The number of hydrogen-bond acceptors (Lipinski definition) is 2. The Morgan fingerprint density at radius 3 is 2.65 bits per heavy atom. The molecule has 0 saturated heterocycles. The van der Waals surface area contributed by atoms with E-state index in [1.807, 2.05) is 32.6 Å². The van der Waals surface area contributed by atoms with E-state index in [2.05, 4.69) is 25.1 Å². The third-order valence-electron chi connectivity index (χ3n) is 3.78. The molecule has 2 rings (SSSR count). The number of fused-ring (bicyclic) bond motifs is 1. The van der Waals surface area contributed by atoms with Gasteiger partial charge in [-0.25, -0.2) is 0 Å². The predicted molar refractivity (Wildman–Crippen MR) is 83.9 cm³/mol. The first-order chi connectivity index (χ1) is 9.20. The minimum atomic E-state index is -0.347. The van der Waals surface area contributed by atoms with Gasteiger partial charge < -0.3 is 10.6 Å². The maximum atomic E-state index is 12.6. The lowest BCUT2D eigenvalue weighted by atomic mass is 9.94. The van der Waals surface area contributed by atoms with Crippen LogP contribution >= 0.6 is 0 Å². The number of carbonyl (C=O) groups is 1. The standard InChI is InChI=1S/C17H26N2O/c1-11(18)8-13-6-7-15-14(10-13)9-12(2)19(15)16(20)17(3,4)5/h6-7,10-12H,8-9,18H2,1-5H3. The fourth-order valence-electron chi connectivity index (χ4n) is 2.85. The van der Waals surface area contributed by atoms with Gasteiger partial charge in [0, 0.05) is 23.2 Å². The molecule has 110 valence electrons. The lowest BCUT2D eigenvalue weighted by molar-refractivity contribution is -0.126. The minimum absolute atomic E-state index is 0.166. The SMILES string of the molecule is CC(N)Cc1ccc2c(c1)CC(C)N2C(=O)C(C)(C)C. The summed E-state index contributed by atoms with van der Waals surface area (Å²) >= 11 is 0. The van der Waals surface area contributed by atoms with Crippen LogP contribution in [0, 0.1) is 5.41 Å². The van der Waals surface area contributed by atoms with Crippen LogP contribution < -0.4 is 10.6 Å². The number of amides is 1. The highest BCUT2D eigenvalue weighted by atomic mass is 16.2. The number of nitrogens with zero attached hydrogens (tertiary/aromatic N) is 1. The average Bonchev–Trinajstić information content (AvgIpc) is 2.61. The average molecular weight is 274 g/mol. The summed E-state index contributed by atoms with van der Waals surface area (Å²) in [5.74, 6) is 0.198. The Hall–Kier alpha value is -1.35. The molecule has 2 N–H and O–H groups in total. The zero-order chi connectivity index (χ0) is 15.1. The van der Waals surface area contributed by atoms with E-state index in [0.29, 0.717) is 0 Å². The molecule has 1 amide bonds. The summed E-state index contributed by atoms with van der Waals surface area (Å²) in [5, 5.41) is 0. The molecule has 0 saturated carbocycles. The highest BCUT2D eigenvalue weighted by molar-refractivity contribution is 5.99. The summed E-state index contributed by atoms with van der Waals surface area (Å²) in [7, 11) is 0. The summed E-state index contributed by atoms with van der Waals surface area (Å²) in [6.45, 7) is 10.1. The summed E-state index contributed by atoms with van der Waals surface area (Å²) in [5.41, 5.74) is 9.12. The number of hydrogen-bond donors (Lipinski definition) is 1. The van der Waals surface area contributed by atoms with E-state index in [9.17, 15) is 4.79 Å². The maximum absolute atomic E-state index is 12.6. The molecule has 0 spiro atoms. The molecule has 0 radical (unpaired) electrons. The van der Waals surface area contributed by atoms with Crippen molar-refractivity contribution in [3.8, 4) is 0 Å². The molecule has 1 aromatic carbocycles. The highest BCUT2D eigenvalue weighted by Gasteiger charge is 2.36. The summed E-state index contributed by atoms with van der Waals surface area (Å²) in [6.07, 6.45) is 1.82. The van der Waals surface area contributed by atoms with Crippen molar-refractivity contribution in [3.63, 3.8) is 0 Å². The van der Waals surface area contributed by atoms with Gasteiger partial charge >= 0.3 is 0 Å². The molecule has 3 nitrogen and oxygen atoms in total. The summed E-state index contributed by atoms with van der Waals surface area (Å²) in [6, 6.07) is 6.80. The Balaban J connectivity index is 2.32. The Bertz CT molecular complexity index is 514. The fraction of sp³-hybridized carbons (Fsp3) is 0.588. The van der Waals surface area contributed by atoms with Gasteiger partial charge in [-0.3, -0.25) is 4.79 Å². The van der Waals surface area contributed by atoms with E-state index in [0.717, 1.165) is 18.5 Å². The topological polar surface area (TPSA) is 46.3 Å². The van der Waals surface area contributed by atoms with Crippen LogP contribution in [0.5, 0.6) is 0 Å². The van der Waals surface area contributed by atoms with E-state index >= 15 is 0 Å². The molecule has 1 aliphatic heterocycles. The van der Waals surface area contributed by atoms with Crippen LogP contribution in [-0.4, -0.2) is 18.0 Å². The van der Waals surface area contributed by atoms with Crippen molar-refractivity contribution in [1.29, 1.82) is 0 Å². The highest BCUT2D eigenvalue weighted by Crippen LogP contribution is 2.36. The van der Waals surface area contributed by atoms with Crippen molar-refractivity contribution in [2.24, 2.45) is 11.1 Å². The second-order valence-corrected chi connectivity index (χ2v) is 7.12. The van der Waals surface area contributed by atoms with Crippen molar-refractivity contribution in [2.45, 2.75) is 59.5 Å². The first-order valence-electron chi connectivity index (χ1n) is 7.41. The molecule has 2 unspecified atom stereocenters. The van der Waals surface area contributed by atoms with Crippen LogP contribution in [0.3, 0.4) is 0 Å². The van der Waals surface area contributed by atoms with E-state index in [-0.39, 0.29) is 23.4 Å². The first-order valence-corrected chi connectivity index (χ1v) is 7.41. The van der Waals surface area contributed by atoms with Crippen LogP contribution in [0.15, 0.2) is 18.2 Å². The number of nitrogens with two attached hydrogens (primary N) is 1. The lowest BCUT2D eigenvalue weighted by Crippen LogP contribution is -2.42. The van der Waals surface area contributed by atoms with E-state index in [4.69, 9.17) is 5.73 Å². The predicted octanol–water partition coefficient (Wildman–Crippen LogP) is 2.90. The minimum Gasteiger partial charge on any atom is -0.328 e. The summed E-state index contributed by atoms with van der Waals surface area (Å²) in [4.78, 5) is 14.6. The fourth-order valence-corrected chi connectivity index (χ4v) is 2.85. The maximum Gasteiger partial charge on any atom is 0.232 e. The van der Waals surface area contributed by atoms with Crippen LogP contribution in [0.1, 0.15) is 45.7 Å². The Morgan fingerprint density at radius 2 is 2.10 bits per heavy atom. The van der Waals surface area contributed by atoms with Gasteiger partial charge in [0.1, 0.15) is 0 Å². The first kappa shape index (κ1) is 15.0. The van der Waals surface area contributed by atoms with Gasteiger partial charge in [-0.1, -0.05) is 32.9 Å². The zero-order valence-corrected chi connectivity index (χ0v) is 13.2. The van der Waals surface area contributed by atoms with Crippen molar-refractivity contribution < 1.29 is 4.79 Å². The van der Waals surface area contributed by atoms with Crippen LogP contribution in [0.25, 0.3) is 0 Å². The Kier molecular flexibility index (Phi) is 3.92. The molecule has 1 heterocycles. The monoisotopic (exact) mass is 274 g/mol. The van der Waals surface area contributed by atoms with Crippen molar-refractivity contribution in [2.75, 3.05) is 4.90 Å². The second kappa shape index (κ2) is 5.21. The third kappa shape index (κ3) is 2.88. The van der Waals surface area contributed by atoms with Crippen LogP contribution in [0.4, 0.5) is 5.69 Å². The number of rotatable bonds is 2. The molecule has 3 heteroatoms. The molecule has 1 aliphatic rings. The van der Waals surface area contributed by atoms with Crippen LogP contribution in [-0.2, 0) is 17.6 Å². The largest absolute Gasteiger partial charge is 0.328 e. The van der Waals surface area contributed by atoms with Gasteiger partial charge in [-0.05, 0) is 43.9 Å². The molecule has 0 aliphatic carbocycles. The Morgan fingerprint density at radius 1 is 1.45 bits per heavy atom. The number of carbonyl (C=O) groups excluding carboxylic acids is 1. The molecule has 0 bridgehead atoms. The quantitative estimate of drug-likeness (QED) is 0.901. The molecule has 0 fully saturated rings.